The van der Waals surface area contributed by atoms with Gasteiger partial charge in [0.1, 0.15) is 10.7 Å². The van der Waals surface area contributed by atoms with E-state index >= 15 is 4.39 Å². The van der Waals surface area contributed by atoms with E-state index in [-0.39, 0.29) is 33.3 Å². The van der Waals surface area contributed by atoms with Crippen LogP contribution in [0, 0.1) is 23.5 Å². The highest BCUT2D eigenvalue weighted by atomic mass is 35.5. The number of hydrogen-bond acceptors (Lipinski definition) is 7. The van der Waals surface area contributed by atoms with Gasteiger partial charge in [0.05, 0.1) is 34.5 Å². The van der Waals surface area contributed by atoms with Crippen molar-refractivity contribution >= 4 is 44.9 Å². The summed E-state index contributed by atoms with van der Waals surface area (Å²) in [5.74, 6) is 3.07. The zero-order valence-corrected chi connectivity index (χ0v) is 22.0. The quantitative estimate of drug-likeness (QED) is 0.316. The van der Waals surface area contributed by atoms with Crippen LogP contribution in [0.3, 0.4) is 0 Å². The first-order valence-corrected chi connectivity index (χ1v) is 13.7. The third-order valence-corrected chi connectivity index (χ3v) is 8.05. The number of nitrogens with one attached hydrogen (secondary N) is 2. The van der Waals surface area contributed by atoms with Gasteiger partial charge in [-0.3, -0.25) is 4.72 Å². The number of rotatable bonds is 6. The molecule has 200 valence electrons. The molecule has 1 fully saturated rings. The third kappa shape index (κ3) is 6.51. The van der Waals surface area contributed by atoms with E-state index in [9.17, 15) is 23.0 Å². The molecule has 0 aliphatic heterocycles. The Bertz CT molecular complexity index is 1500. The van der Waals surface area contributed by atoms with E-state index in [0.717, 1.165) is 31.0 Å². The summed E-state index contributed by atoms with van der Waals surface area (Å²) in [6.07, 6.45) is 5.47. The second-order valence-electron chi connectivity index (χ2n) is 8.62. The van der Waals surface area contributed by atoms with Gasteiger partial charge >= 0.3 is 0 Å². The number of sulfonamides is 1. The van der Waals surface area contributed by atoms with Crippen molar-refractivity contribution in [1.29, 1.82) is 0 Å². The van der Waals surface area contributed by atoms with Crippen molar-refractivity contribution in [2.75, 3.05) is 10.0 Å². The smallest absolute Gasteiger partial charge is 0.263 e. The van der Waals surface area contributed by atoms with Crippen molar-refractivity contribution in [2.24, 2.45) is 0 Å². The lowest BCUT2D eigenvalue weighted by atomic mass is 9.93. The summed E-state index contributed by atoms with van der Waals surface area (Å²) >= 11 is 12.0. The standard InChI is InChI=1S/C25H22Cl2F2N4O4S/c26-16-9-15(13-34)23(27)22(10-16)38(36,37)33-21-8-7-20(28)19(24(21)29)6-1-14-11-30-25(31-12-14)32-17-2-4-18(35)5-3-17/h7-12,17-18,33-35H,2-5,13H2,(H,30,31,32). The van der Waals surface area contributed by atoms with E-state index in [4.69, 9.17) is 23.2 Å². The number of anilines is 2. The Kier molecular flexibility index (Phi) is 8.70. The molecule has 1 aliphatic carbocycles. The maximum Gasteiger partial charge on any atom is 0.263 e. The van der Waals surface area contributed by atoms with Crippen LogP contribution < -0.4 is 10.0 Å². The Balaban J connectivity index is 1.54. The van der Waals surface area contributed by atoms with Crippen molar-refractivity contribution in [3.8, 4) is 11.8 Å². The fourth-order valence-corrected chi connectivity index (χ4v) is 5.86. The lowest BCUT2D eigenvalue weighted by Crippen LogP contribution is -2.28. The van der Waals surface area contributed by atoms with Crippen LogP contribution in [0.2, 0.25) is 10.0 Å². The van der Waals surface area contributed by atoms with Gasteiger partial charge in [-0.1, -0.05) is 35.0 Å². The maximum absolute atomic E-state index is 15.1. The van der Waals surface area contributed by atoms with Crippen molar-refractivity contribution < 1.29 is 27.4 Å². The Labute approximate surface area is 228 Å². The van der Waals surface area contributed by atoms with Gasteiger partial charge in [0.25, 0.3) is 10.0 Å². The van der Waals surface area contributed by atoms with Gasteiger partial charge in [-0.2, -0.15) is 0 Å². The highest BCUT2D eigenvalue weighted by Gasteiger charge is 2.24. The van der Waals surface area contributed by atoms with Crippen LogP contribution in [0.25, 0.3) is 0 Å². The molecule has 1 aromatic heterocycles. The van der Waals surface area contributed by atoms with E-state index in [1.165, 1.54) is 18.5 Å². The summed E-state index contributed by atoms with van der Waals surface area (Å²) < 4.78 is 57.4. The molecular weight excluding hydrogens is 561 g/mol. The average Bonchev–Trinajstić information content (AvgIpc) is 2.89. The lowest BCUT2D eigenvalue weighted by Gasteiger charge is -2.25. The number of benzene rings is 2. The van der Waals surface area contributed by atoms with Crippen LogP contribution in [-0.2, 0) is 16.6 Å². The highest BCUT2D eigenvalue weighted by molar-refractivity contribution is 7.92. The van der Waals surface area contributed by atoms with Crippen molar-refractivity contribution in [3.63, 3.8) is 0 Å². The Morgan fingerprint density at radius 3 is 2.39 bits per heavy atom. The van der Waals surface area contributed by atoms with Crippen LogP contribution in [0.15, 0.2) is 41.6 Å². The number of nitrogens with zero attached hydrogens (tertiary/aromatic N) is 2. The van der Waals surface area contributed by atoms with Gasteiger partial charge in [0.2, 0.25) is 5.95 Å². The van der Waals surface area contributed by atoms with Gasteiger partial charge in [-0.25, -0.2) is 27.2 Å². The molecule has 1 aliphatic rings. The molecule has 2 aromatic carbocycles. The van der Waals surface area contributed by atoms with Crippen molar-refractivity contribution in [3.05, 3.63) is 75.0 Å². The molecule has 1 saturated carbocycles. The molecule has 8 nitrogen and oxygen atoms in total. The Morgan fingerprint density at radius 1 is 1.05 bits per heavy atom. The molecule has 0 amide bonds. The number of aliphatic hydroxyl groups excluding tert-OH is 2. The van der Waals surface area contributed by atoms with Crippen LogP contribution in [0.1, 0.15) is 42.4 Å². The van der Waals surface area contributed by atoms with Crippen LogP contribution in [0.5, 0.6) is 0 Å². The molecule has 0 spiro atoms. The largest absolute Gasteiger partial charge is 0.393 e. The van der Waals surface area contributed by atoms with Crippen molar-refractivity contribution in [1.82, 2.24) is 9.97 Å². The van der Waals surface area contributed by atoms with Gasteiger partial charge in [0, 0.05) is 23.5 Å². The predicted octanol–water partition coefficient (Wildman–Crippen LogP) is 4.47. The van der Waals surface area contributed by atoms with Gasteiger partial charge in [0.15, 0.2) is 5.82 Å². The maximum atomic E-state index is 15.1. The zero-order valence-electron chi connectivity index (χ0n) is 19.7. The van der Waals surface area contributed by atoms with E-state index in [2.05, 4.69) is 27.1 Å². The minimum Gasteiger partial charge on any atom is -0.393 e. The normalized spacial score (nSPS) is 17.4. The molecule has 13 heteroatoms. The second-order valence-corrected chi connectivity index (χ2v) is 11.1. The molecule has 0 saturated heterocycles. The number of hydrogen-bond donors (Lipinski definition) is 4. The lowest BCUT2D eigenvalue weighted by molar-refractivity contribution is 0.126. The summed E-state index contributed by atoms with van der Waals surface area (Å²) in [4.78, 5) is 7.86. The van der Waals surface area contributed by atoms with Crippen LogP contribution in [-0.4, -0.2) is 40.7 Å². The average molecular weight is 583 g/mol. The van der Waals surface area contributed by atoms with Crippen molar-refractivity contribution in [2.45, 2.75) is 49.3 Å². The van der Waals surface area contributed by atoms with E-state index in [0.29, 0.717) is 18.8 Å². The molecule has 4 rings (SSSR count). The number of halogens is 4. The molecule has 38 heavy (non-hydrogen) atoms. The van der Waals surface area contributed by atoms with Gasteiger partial charge in [-0.15, -0.1) is 0 Å². The highest BCUT2D eigenvalue weighted by Crippen LogP contribution is 2.32. The first kappa shape index (κ1) is 28.0. The molecule has 0 unspecified atom stereocenters. The molecule has 0 bridgehead atoms. The second kappa shape index (κ2) is 11.8. The van der Waals surface area contributed by atoms with E-state index < -0.39 is 44.4 Å². The monoisotopic (exact) mass is 582 g/mol. The summed E-state index contributed by atoms with van der Waals surface area (Å²) in [6, 6.07) is 4.26. The molecular formula is C25H22Cl2F2N4O4S. The predicted molar refractivity (Wildman–Crippen MR) is 139 cm³/mol. The van der Waals surface area contributed by atoms with Gasteiger partial charge in [-0.05, 0) is 55.5 Å². The fourth-order valence-electron chi connectivity index (χ4n) is 3.88. The molecule has 0 atom stereocenters. The Hall–Kier alpha value is -3.01. The number of aliphatic hydroxyl groups is 2. The molecule has 4 N–H and O–H groups in total. The number of aromatic nitrogens is 2. The fraction of sp³-hybridized carbons (Fsp3) is 0.280. The molecule has 0 radical (unpaired) electrons. The molecule has 3 aromatic rings. The van der Waals surface area contributed by atoms with Crippen LogP contribution in [0.4, 0.5) is 20.4 Å². The SMILES string of the molecule is O=S(=O)(Nc1ccc(F)c(C#Cc2cnc(NC3CCC(O)CC3)nc2)c1F)c1cc(Cl)cc(CO)c1Cl. The summed E-state index contributed by atoms with van der Waals surface area (Å²) in [5.41, 5.74) is -0.889. The zero-order chi connectivity index (χ0) is 27.4. The first-order valence-electron chi connectivity index (χ1n) is 11.5. The first-order chi connectivity index (χ1) is 18.1. The minimum absolute atomic E-state index is 0.00839. The van der Waals surface area contributed by atoms with E-state index in [1.807, 2.05) is 4.72 Å². The Morgan fingerprint density at radius 2 is 1.74 bits per heavy atom. The summed E-state index contributed by atoms with van der Waals surface area (Å²) in [5, 5.41) is 21.9. The third-order valence-electron chi connectivity index (χ3n) is 5.89. The van der Waals surface area contributed by atoms with Gasteiger partial charge < -0.3 is 15.5 Å². The summed E-state index contributed by atoms with van der Waals surface area (Å²) in [6.45, 7) is -0.571. The van der Waals surface area contributed by atoms with E-state index in [1.54, 1.807) is 0 Å². The van der Waals surface area contributed by atoms with Crippen LogP contribution >= 0.6 is 23.2 Å². The minimum atomic E-state index is -4.47. The topological polar surface area (TPSA) is 124 Å². The summed E-state index contributed by atoms with van der Waals surface area (Å²) in [7, 11) is -4.47. The molecule has 1 heterocycles.